The molecule has 1 aliphatic rings. The van der Waals surface area contributed by atoms with E-state index in [1.165, 1.54) is 24.3 Å². The SMILES string of the molecule is CC(C)n1ccc(CNC2CCSCC2)n1. The Labute approximate surface area is 102 Å². The molecule has 1 aromatic rings. The molecule has 1 aromatic heterocycles. The molecule has 1 N–H and O–H groups in total. The summed E-state index contributed by atoms with van der Waals surface area (Å²) in [5.41, 5.74) is 1.16. The van der Waals surface area contributed by atoms with Gasteiger partial charge in [-0.25, -0.2) is 0 Å². The fourth-order valence-electron chi connectivity index (χ4n) is 1.91. The predicted molar refractivity (Wildman–Crippen MR) is 69.8 cm³/mol. The van der Waals surface area contributed by atoms with E-state index in [0.717, 1.165) is 12.2 Å². The molecule has 1 aliphatic heterocycles. The minimum absolute atomic E-state index is 0.458. The van der Waals surface area contributed by atoms with Crippen LogP contribution in [-0.4, -0.2) is 27.3 Å². The van der Waals surface area contributed by atoms with E-state index in [9.17, 15) is 0 Å². The van der Waals surface area contributed by atoms with E-state index >= 15 is 0 Å². The fourth-order valence-corrected chi connectivity index (χ4v) is 3.02. The first-order valence-electron chi connectivity index (χ1n) is 6.11. The molecule has 4 heteroatoms. The fraction of sp³-hybridized carbons (Fsp3) is 0.750. The highest BCUT2D eigenvalue weighted by Crippen LogP contribution is 2.17. The molecule has 0 spiro atoms. The van der Waals surface area contributed by atoms with Gasteiger partial charge in [0.05, 0.1) is 5.69 Å². The van der Waals surface area contributed by atoms with Crippen molar-refractivity contribution in [3.8, 4) is 0 Å². The van der Waals surface area contributed by atoms with Crippen LogP contribution in [0.2, 0.25) is 0 Å². The van der Waals surface area contributed by atoms with Crippen LogP contribution in [0.4, 0.5) is 0 Å². The first-order chi connectivity index (χ1) is 7.75. The van der Waals surface area contributed by atoms with Gasteiger partial charge in [0.1, 0.15) is 0 Å². The third-order valence-electron chi connectivity index (χ3n) is 2.99. The second-order valence-electron chi connectivity index (χ2n) is 4.65. The summed E-state index contributed by atoms with van der Waals surface area (Å²) in [4.78, 5) is 0. The quantitative estimate of drug-likeness (QED) is 0.875. The van der Waals surface area contributed by atoms with Crippen molar-refractivity contribution < 1.29 is 0 Å². The van der Waals surface area contributed by atoms with Crippen molar-refractivity contribution in [2.24, 2.45) is 0 Å². The van der Waals surface area contributed by atoms with E-state index in [-0.39, 0.29) is 0 Å². The molecule has 1 fully saturated rings. The van der Waals surface area contributed by atoms with Crippen LogP contribution in [0.15, 0.2) is 12.3 Å². The lowest BCUT2D eigenvalue weighted by Gasteiger charge is -2.22. The molecule has 0 bridgehead atoms. The van der Waals surface area contributed by atoms with Crippen LogP contribution in [-0.2, 0) is 6.54 Å². The maximum atomic E-state index is 4.54. The van der Waals surface area contributed by atoms with Crippen molar-refractivity contribution in [1.29, 1.82) is 0 Å². The number of thioether (sulfide) groups is 1. The zero-order chi connectivity index (χ0) is 11.4. The molecule has 90 valence electrons. The van der Waals surface area contributed by atoms with Gasteiger partial charge < -0.3 is 5.32 Å². The lowest BCUT2D eigenvalue weighted by Crippen LogP contribution is -2.32. The van der Waals surface area contributed by atoms with Gasteiger partial charge in [0.25, 0.3) is 0 Å². The van der Waals surface area contributed by atoms with Gasteiger partial charge >= 0.3 is 0 Å². The van der Waals surface area contributed by atoms with Gasteiger partial charge in [0, 0.05) is 24.8 Å². The highest BCUT2D eigenvalue weighted by atomic mass is 32.2. The van der Waals surface area contributed by atoms with E-state index in [0.29, 0.717) is 12.1 Å². The van der Waals surface area contributed by atoms with Crippen molar-refractivity contribution in [2.75, 3.05) is 11.5 Å². The molecule has 0 saturated carbocycles. The summed E-state index contributed by atoms with van der Waals surface area (Å²) < 4.78 is 2.02. The standard InChI is InChI=1S/C12H21N3S/c1-10(2)15-6-3-12(14-15)9-13-11-4-7-16-8-5-11/h3,6,10-11,13H,4-5,7-9H2,1-2H3. The van der Waals surface area contributed by atoms with Crippen LogP contribution >= 0.6 is 11.8 Å². The summed E-state index contributed by atoms with van der Waals surface area (Å²) >= 11 is 2.07. The summed E-state index contributed by atoms with van der Waals surface area (Å²) in [6.07, 6.45) is 4.67. The van der Waals surface area contributed by atoms with Crippen LogP contribution < -0.4 is 5.32 Å². The van der Waals surface area contributed by atoms with Gasteiger partial charge in [-0.15, -0.1) is 0 Å². The van der Waals surface area contributed by atoms with E-state index in [1.54, 1.807) is 0 Å². The third kappa shape index (κ3) is 3.25. The Morgan fingerprint density at radius 2 is 2.25 bits per heavy atom. The Balaban J connectivity index is 1.79. The lowest BCUT2D eigenvalue weighted by atomic mass is 10.1. The van der Waals surface area contributed by atoms with Crippen LogP contribution in [0.3, 0.4) is 0 Å². The number of aromatic nitrogens is 2. The molecule has 0 aromatic carbocycles. The molecule has 0 atom stereocenters. The topological polar surface area (TPSA) is 29.9 Å². The first-order valence-corrected chi connectivity index (χ1v) is 7.26. The van der Waals surface area contributed by atoms with Crippen LogP contribution in [0.5, 0.6) is 0 Å². The van der Waals surface area contributed by atoms with Gasteiger partial charge in [-0.1, -0.05) is 0 Å². The average Bonchev–Trinajstić information content (AvgIpc) is 2.76. The molecule has 0 radical (unpaired) electrons. The molecule has 0 unspecified atom stereocenters. The Kier molecular flexibility index (Phi) is 4.29. The van der Waals surface area contributed by atoms with Gasteiger partial charge in [-0.3, -0.25) is 4.68 Å². The zero-order valence-corrected chi connectivity index (χ0v) is 11.0. The normalized spacial score (nSPS) is 18.2. The van der Waals surface area contributed by atoms with E-state index in [1.807, 2.05) is 4.68 Å². The number of rotatable bonds is 4. The van der Waals surface area contributed by atoms with Crippen LogP contribution in [0.1, 0.15) is 38.4 Å². The maximum absolute atomic E-state index is 4.54. The zero-order valence-electron chi connectivity index (χ0n) is 10.1. The number of hydrogen-bond donors (Lipinski definition) is 1. The molecular weight excluding hydrogens is 218 g/mol. The largest absolute Gasteiger partial charge is 0.308 e. The van der Waals surface area contributed by atoms with Gasteiger partial charge in [-0.2, -0.15) is 16.9 Å². The summed E-state index contributed by atoms with van der Waals surface area (Å²) in [5, 5.41) is 8.14. The second-order valence-corrected chi connectivity index (χ2v) is 5.87. The molecule has 0 amide bonds. The smallest absolute Gasteiger partial charge is 0.0762 e. The molecule has 1 saturated heterocycles. The average molecular weight is 239 g/mol. The van der Waals surface area contributed by atoms with Crippen LogP contribution in [0, 0.1) is 0 Å². The molecule has 2 rings (SSSR count). The molecule has 16 heavy (non-hydrogen) atoms. The van der Waals surface area contributed by atoms with Gasteiger partial charge in [0.2, 0.25) is 0 Å². The highest BCUT2D eigenvalue weighted by Gasteiger charge is 2.13. The Morgan fingerprint density at radius 1 is 1.50 bits per heavy atom. The number of nitrogens with one attached hydrogen (secondary N) is 1. The molecular formula is C12H21N3S. The predicted octanol–water partition coefficient (Wildman–Crippen LogP) is 2.45. The Hall–Kier alpha value is -0.480. The van der Waals surface area contributed by atoms with Crippen LogP contribution in [0.25, 0.3) is 0 Å². The van der Waals surface area contributed by atoms with E-state index in [4.69, 9.17) is 0 Å². The van der Waals surface area contributed by atoms with Gasteiger partial charge in [0.15, 0.2) is 0 Å². The highest BCUT2D eigenvalue weighted by molar-refractivity contribution is 7.99. The third-order valence-corrected chi connectivity index (χ3v) is 4.03. The lowest BCUT2D eigenvalue weighted by molar-refractivity contribution is 0.469. The summed E-state index contributed by atoms with van der Waals surface area (Å²) in [6, 6.07) is 3.27. The summed E-state index contributed by atoms with van der Waals surface area (Å²) in [7, 11) is 0. The van der Waals surface area contributed by atoms with Gasteiger partial charge in [-0.05, 0) is 44.3 Å². The Bertz CT molecular complexity index is 316. The minimum atomic E-state index is 0.458. The monoisotopic (exact) mass is 239 g/mol. The number of hydrogen-bond acceptors (Lipinski definition) is 3. The molecule has 3 nitrogen and oxygen atoms in total. The van der Waals surface area contributed by atoms with Crippen molar-refractivity contribution in [2.45, 2.75) is 45.3 Å². The van der Waals surface area contributed by atoms with Crippen molar-refractivity contribution in [3.63, 3.8) is 0 Å². The number of nitrogens with zero attached hydrogens (tertiary/aromatic N) is 2. The van der Waals surface area contributed by atoms with Crippen molar-refractivity contribution in [3.05, 3.63) is 18.0 Å². The summed E-state index contributed by atoms with van der Waals surface area (Å²) in [6.45, 7) is 5.22. The van der Waals surface area contributed by atoms with E-state index < -0.39 is 0 Å². The molecule has 2 heterocycles. The minimum Gasteiger partial charge on any atom is -0.308 e. The maximum Gasteiger partial charge on any atom is 0.0762 e. The first kappa shape index (κ1) is 12.0. The molecule has 0 aliphatic carbocycles. The van der Waals surface area contributed by atoms with Crippen molar-refractivity contribution in [1.82, 2.24) is 15.1 Å². The van der Waals surface area contributed by atoms with E-state index in [2.05, 4.69) is 48.3 Å². The summed E-state index contributed by atoms with van der Waals surface area (Å²) in [5.74, 6) is 2.61. The second kappa shape index (κ2) is 5.73. The van der Waals surface area contributed by atoms with Crippen molar-refractivity contribution >= 4 is 11.8 Å². The Morgan fingerprint density at radius 3 is 2.88 bits per heavy atom.